The fourth-order valence-corrected chi connectivity index (χ4v) is 3.75. The van der Waals surface area contributed by atoms with E-state index in [0.717, 1.165) is 22.2 Å². The van der Waals surface area contributed by atoms with Crippen LogP contribution in [0.2, 0.25) is 5.02 Å². The average Bonchev–Trinajstić information content (AvgIpc) is 3.00. The Morgan fingerprint density at radius 3 is 2.43 bits per heavy atom. The molecule has 2 N–H and O–H groups in total. The zero-order valence-electron chi connectivity index (χ0n) is 15.8. The highest BCUT2D eigenvalue weighted by Gasteiger charge is 2.34. The van der Waals surface area contributed by atoms with Crippen LogP contribution in [-0.2, 0) is 9.59 Å². The predicted octanol–water partition coefficient (Wildman–Crippen LogP) is 2.92. The van der Waals surface area contributed by atoms with E-state index >= 15 is 0 Å². The van der Waals surface area contributed by atoms with Gasteiger partial charge in [0.2, 0.25) is 5.91 Å². The van der Waals surface area contributed by atoms with E-state index in [1.54, 1.807) is 30.3 Å². The maximum atomic E-state index is 12.4. The second-order valence-corrected chi connectivity index (χ2v) is 7.66. The zero-order chi connectivity index (χ0) is 21.5. The molecule has 0 atom stereocenters. The highest BCUT2D eigenvalue weighted by atomic mass is 35.5. The van der Waals surface area contributed by atoms with Gasteiger partial charge in [0.05, 0.1) is 22.0 Å². The number of halogens is 1. The van der Waals surface area contributed by atoms with Crippen LogP contribution in [0, 0.1) is 0 Å². The first kappa shape index (κ1) is 21.6. The molecule has 2 aromatic carbocycles. The summed E-state index contributed by atoms with van der Waals surface area (Å²) in [5.74, 6) is -1.30. The number of rotatable bonds is 7. The predicted molar refractivity (Wildman–Crippen MR) is 116 cm³/mol. The fourth-order valence-electron chi connectivity index (χ4n) is 2.66. The SMILES string of the molecule is O=C(CNC(=O)c1ccccc1Cl)NCCN1C(=O)S/C(=C\c2ccccc2)C1=O. The molecule has 0 saturated carbocycles. The van der Waals surface area contributed by atoms with Crippen molar-refractivity contribution in [3.05, 3.63) is 75.7 Å². The molecule has 30 heavy (non-hydrogen) atoms. The molecular formula is C21H18ClN3O4S. The van der Waals surface area contributed by atoms with E-state index < -0.39 is 17.7 Å². The van der Waals surface area contributed by atoms with Crippen LogP contribution in [0.4, 0.5) is 4.79 Å². The van der Waals surface area contributed by atoms with Crippen molar-refractivity contribution < 1.29 is 19.2 Å². The standard InChI is InChI=1S/C21H18ClN3O4S/c22-16-9-5-4-8-15(16)19(27)24-13-18(26)23-10-11-25-20(28)17(30-21(25)29)12-14-6-2-1-3-7-14/h1-9,12H,10-11,13H2,(H,23,26)(H,24,27)/b17-12-. The van der Waals surface area contributed by atoms with E-state index in [1.807, 2.05) is 30.3 Å². The second-order valence-electron chi connectivity index (χ2n) is 6.26. The summed E-state index contributed by atoms with van der Waals surface area (Å²) < 4.78 is 0. The van der Waals surface area contributed by atoms with Crippen LogP contribution >= 0.6 is 23.4 Å². The summed E-state index contributed by atoms with van der Waals surface area (Å²) in [6.45, 7) is -0.127. The van der Waals surface area contributed by atoms with E-state index in [2.05, 4.69) is 10.6 Å². The lowest BCUT2D eigenvalue weighted by atomic mass is 10.2. The summed E-state index contributed by atoms with van der Waals surface area (Å²) >= 11 is 6.81. The van der Waals surface area contributed by atoms with Gasteiger partial charge in [-0.05, 0) is 35.5 Å². The van der Waals surface area contributed by atoms with Crippen LogP contribution in [0.3, 0.4) is 0 Å². The molecule has 1 fully saturated rings. The Balaban J connectivity index is 1.45. The molecule has 154 valence electrons. The Morgan fingerprint density at radius 2 is 1.70 bits per heavy atom. The minimum atomic E-state index is -0.465. The Bertz CT molecular complexity index is 1010. The number of hydrogen-bond donors (Lipinski definition) is 2. The van der Waals surface area contributed by atoms with Gasteiger partial charge in [-0.2, -0.15) is 0 Å². The summed E-state index contributed by atoms with van der Waals surface area (Å²) in [6, 6.07) is 15.7. The number of thioether (sulfide) groups is 1. The van der Waals surface area contributed by atoms with Gasteiger partial charge in [0.25, 0.3) is 17.1 Å². The van der Waals surface area contributed by atoms with Gasteiger partial charge < -0.3 is 10.6 Å². The lowest BCUT2D eigenvalue weighted by Crippen LogP contribution is -2.41. The van der Waals surface area contributed by atoms with Crippen molar-refractivity contribution in [3.63, 3.8) is 0 Å². The number of amides is 4. The van der Waals surface area contributed by atoms with Crippen molar-refractivity contribution in [1.82, 2.24) is 15.5 Å². The quantitative estimate of drug-likeness (QED) is 0.641. The van der Waals surface area contributed by atoms with Gasteiger partial charge >= 0.3 is 0 Å². The maximum absolute atomic E-state index is 12.4. The highest BCUT2D eigenvalue weighted by Crippen LogP contribution is 2.31. The molecule has 0 unspecified atom stereocenters. The van der Waals surface area contributed by atoms with Crippen LogP contribution in [0.5, 0.6) is 0 Å². The van der Waals surface area contributed by atoms with E-state index in [0.29, 0.717) is 9.93 Å². The number of carbonyl (C=O) groups excluding carboxylic acids is 4. The third-order valence-corrected chi connectivity index (χ3v) is 5.39. The van der Waals surface area contributed by atoms with Gasteiger partial charge in [-0.3, -0.25) is 24.1 Å². The molecule has 2 aromatic rings. The Morgan fingerprint density at radius 1 is 1.00 bits per heavy atom. The Labute approximate surface area is 182 Å². The summed E-state index contributed by atoms with van der Waals surface area (Å²) in [6.07, 6.45) is 1.66. The summed E-state index contributed by atoms with van der Waals surface area (Å²) in [5.41, 5.74) is 1.10. The molecule has 0 aromatic heterocycles. The number of hydrogen-bond acceptors (Lipinski definition) is 5. The molecule has 1 aliphatic heterocycles. The van der Waals surface area contributed by atoms with E-state index in [9.17, 15) is 19.2 Å². The first-order chi connectivity index (χ1) is 14.5. The molecular weight excluding hydrogens is 426 g/mol. The fraction of sp³-hybridized carbons (Fsp3) is 0.143. The van der Waals surface area contributed by atoms with Gasteiger partial charge in [-0.1, -0.05) is 54.1 Å². The number of imide groups is 1. The van der Waals surface area contributed by atoms with Crippen LogP contribution in [-0.4, -0.2) is 47.5 Å². The largest absolute Gasteiger partial charge is 0.353 e. The normalized spacial score (nSPS) is 14.8. The molecule has 1 heterocycles. The van der Waals surface area contributed by atoms with E-state index in [1.165, 1.54) is 0 Å². The van der Waals surface area contributed by atoms with Crippen LogP contribution in [0.1, 0.15) is 15.9 Å². The van der Waals surface area contributed by atoms with Crippen LogP contribution in [0.15, 0.2) is 59.5 Å². The Hall–Kier alpha value is -3.10. The topological polar surface area (TPSA) is 95.6 Å². The monoisotopic (exact) mass is 443 g/mol. The molecule has 0 spiro atoms. The molecule has 0 aliphatic carbocycles. The molecule has 4 amide bonds. The maximum Gasteiger partial charge on any atom is 0.293 e. The minimum Gasteiger partial charge on any atom is -0.353 e. The first-order valence-corrected chi connectivity index (χ1v) is 10.2. The molecule has 1 saturated heterocycles. The van der Waals surface area contributed by atoms with Crippen molar-refractivity contribution >= 4 is 52.4 Å². The minimum absolute atomic E-state index is 0.0427. The molecule has 7 nitrogen and oxygen atoms in total. The average molecular weight is 444 g/mol. The van der Waals surface area contributed by atoms with Crippen molar-refractivity contribution in [1.29, 1.82) is 0 Å². The molecule has 3 rings (SSSR count). The number of nitrogens with one attached hydrogen (secondary N) is 2. The summed E-state index contributed by atoms with van der Waals surface area (Å²) in [5, 5.41) is 4.95. The summed E-state index contributed by atoms with van der Waals surface area (Å²) in [4.78, 5) is 50.0. The molecule has 9 heteroatoms. The van der Waals surface area contributed by atoms with Crippen molar-refractivity contribution in [2.75, 3.05) is 19.6 Å². The molecule has 1 aliphatic rings. The smallest absolute Gasteiger partial charge is 0.293 e. The first-order valence-electron chi connectivity index (χ1n) is 9.05. The zero-order valence-corrected chi connectivity index (χ0v) is 17.3. The Kier molecular flexibility index (Phi) is 7.26. The third kappa shape index (κ3) is 5.49. The number of carbonyl (C=O) groups is 4. The van der Waals surface area contributed by atoms with E-state index in [-0.39, 0.29) is 30.4 Å². The van der Waals surface area contributed by atoms with Gasteiger partial charge in [0.15, 0.2) is 0 Å². The molecule has 0 bridgehead atoms. The van der Waals surface area contributed by atoms with E-state index in [4.69, 9.17) is 11.6 Å². The van der Waals surface area contributed by atoms with Crippen LogP contribution in [0.25, 0.3) is 6.08 Å². The number of nitrogens with zero attached hydrogens (tertiary/aromatic N) is 1. The highest BCUT2D eigenvalue weighted by molar-refractivity contribution is 8.18. The lowest BCUT2D eigenvalue weighted by Gasteiger charge is -2.13. The van der Waals surface area contributed by atoms with Gasteiger partial charge in [0.1, 0.15) is 0 Å². The molecule has 0 radical (unpaired) electrons. The van der Waals surface area contributed by atoms with Crippen LogP contribution < -0.4 is 10.6 Å². The van der Waals surface area contributed by atoms with Gasteiger partial charge in [-0.25, -0.2) is 0 Å². The van der Waals surface area contributed by atoms with Crippen molar-refractivity contribution in [2.45, 2.75) is 0 Å². The lowest BCUT2D eigenvalue weighted by molar-refractivity contribution is -0.124. The van der Waals surface area contributed by atoms with Crippen molar-refractivity contribution in [2.24, 2.45) is 0 Å². The number of benzene rings is 2. The second kappa shape index (κ2) is 10.1. The van der Waals surface area contributed by atoms with Crippen molar-refractivity contribution in [3.8, 4) is 0 Å². The van der Waals surface area contributed by atoms with Gasteiger partial charge in [-0.15, -0.1) is 0 Å². The van der Waals surface area contributed by atoms with Gasteiger partial charge in [0, 0.05) is 13.1 Å². The summed E-state index contributed by atoms with van der Waals surface area (Å²) in [7, 11) is 0. The third-order valence-electron chi connectivity index (χ3n) is 4.16.